The first-order valence-electron chi connectivity index (χ1n) is 7.03. The van der Waals surface area contributed by atoms with E-state index in [-0.39, 0.29) is 0 Å². The molecule has 96 valence electrons. The van der Waals surface area contributed by atoms with Gasteiger partial charge in [-0.2, -0.15) is 0 Å². The van der Waals surface area contributed by atoms with Crippen molar-refractivity contribution in [3.63, 3.8) is 0 Å². The summed E-state index contributed by atoms with van der Waals surface area (Å²) in [6, 6.07) is 2.14. The van der Waals surface area contributed by atoms with E-state index in [1.54, 1.807) is 0 Å². The lowest BCUT2D eigenvalue weighted by Gasteiger charge is -2.42. The van der Waals surface area contributed by atoms with Crippen LogP contribution in [0.4, 0.5) is 0 Å². The van der Waals surface area contributed by atoms with Crippen molar-refractivity contribution in [1.29, 1.82) is 0 Å². The lowest BCUT2D eigenvalue weighted by atomic mass is 9.87. The Kier molecular flexibility index (Phi) is 5.77. The molecule has 0 aromatic rings. The largest absolute Gasteiger partial charge is 0.313 e. The third kappa shape index (κ3) is 3.46. The van der Waals surface area contributed by atoms with Crippen LogP contribution in [0.1, 0.15) is 53.4 Å². The van der Waals surface area contributed by atoms with Crippen LogP contribution in [0.3, 0.4) is 0 Å². The number of likely N-dealkylation sites (N-methyl/N-ethyl adjacent to an activating group) is 2. The second kappa shape index (κ2) is 6.61. The normalized spacial score (nSPS) is 28.7. The van der Waals surface area contributed by atoms with Gasteiger partial charge in [0.2, 0.25) is 0 Å². The summed E-state index contributed by atoms with van der Waals surface area (Å²) >= 11 is 0. The van der Waals surface area contributed by atoms with Gasteiger partial charge in [-0.25, -0.2) is 0 Å². The number of hydrogen-bond acceptors (Lipinski definition) is 2. The lowest BCUT2D eigenvalue weighted by Crippen LogP contribution is -2.53. The van der Waals surface area contributed by atoms with E-state index in [0.29, 0.717) is 12.1 Å². The van der Waals surface area contributed by atoms with Crippen LogP contribution in [0.15, 0.2) is 0 Å². The second-order valence-corrected chi connectivity index (χ2v) is 5.67. The molecule has 3 unspecified atom stereocenters. The van der Waals surface area contributed by atoms with Crippen molar-refractivity contribution in [3.8, 4) is 0 Å². The van der Waals surface area contributed by atoms with Crippen molar-refractivity contribution < 1.29 is 0 Å². The topological polar surface area (TPSA) is 15.3 Å². The van der Waals surface area contributed by atoms with Gasteiger partial charge < -0.3 is 5.32 Å². The van der Waals surface area contributed by atoms with Gasteiger partial charge in [-0.15, -0.1) is 0 Å². The van der Waals surface area contributed by atoms with E-state index in [1.165, 1.54) is 25.7 Å². The number of rotatable bonds is 5. The minimum atomic E-state index is 0.684. The molecule has 0 radical (unpaired) electrons. The van der Waals surface area contributed by atoms with Gasteiger partial charge in [-0.05, 0) is 39.3 Å². The highest BCUT2D eigenvalue weighted by atomic mass is 15.2. The predicted molar refractivity (Wildman–Crippen MR) is 71.8 cm³/mol. The van der Waals surface area contributed by atoms with Crippen LogP contribution in [0.5, 0.6) is 0 Å². The molecule has 3 atom stereocenters. The molecule has 1 N–H and O–H groups in total. The van der Waals surface area contributed by atoms with E-state index >= 15 is 0 Å². The zero-order valence-electron chi connectivity index (χ0n) is 11.8. The monoisotopic (exact) mass is 226 g/mol. The van der Waals surface area contributed by atoms with E-state index < -0.39 is 0 Å². The van der Waals surface area contributed by atoms with Crippen LogP contribution in [0, 0.1) is 5.92 Å². The van der Waals surface area contributed by atoms with E-state index in [4.69, 9.17) is 0 Å². The van der Waals surface area contributed by atoms with Crippen LogP contribution < -0.4 is 5.32 Å². The van der Waals surface area contributed by atoms with Crippen LogP contribution in [0.25, 0.3) is 0 Å². The third-order valence-corrected chi connectivity index (χ3v) is 4.33. The Labute approximate surface area is 102 Å². The smallest absolute Gasteiger partial charge is 0.0249 e. The van der Waals surface area contributed by atoms with E-state index in [2.05, 4.69) is 45.0 Å². The first kappa shape index (κ1) is 14.0. The standard InChI is InChI=1S/C14H30N2/c1-6-15-13-9-7-8-10-14(13)16(5)12(4)11(2)3/h11-15H,6-10H2,1-5H3. The molecule has 0 amide bonds. The molecule has 0 heterocycles. The van der Waals surface area contributed by atoms with Crippen LogP contribution >= 0.6 is 0 Å². The van der Waals surface area contributed by atoms with Crippen LogP contribution in [0.2, 0.25) is 0 Å². The average molecular weight is 226 g/mol. The Morgan fingerprint density at radius 1 is 1.19 bits per heavy atom. The molecule has 0 bridgehead atoms. The summed E-state index contributed by atoms with van der Waals surface area (Å²) in [4.78, 5) is 2.61. The van der Waals surface area contributed by atoms with Crippen molar-refractivity contribution >= 4 is 0 Å². The molecule has 1 fully saturated rings. The van der Waals surface area contributed by atoms with Gasteiger partial charge in [0.1, 0.15) is 0 Å². The van der Waals surface area contributed by atoms with Crippen molar-refractivity contribution in [2.45, 2.75) is 71.5 Å². The van der Waals surface area contributed by atoms with Crippen molar-refractivity contribution in [2.75, 3.05) is 13.6 Å². The highest BCUT2D eigenvalue weighted by Gasteiger charge is 2.30. The SMILES string of the molecule is CCNC1CCCCC1N(C)C(C)C(C)C. The fraction of sp³-hybridized carbons (Fsp3) is 1.00. The second-order valence-electron chi connectivity index (χ2n) is 5.67. The average Bonchev–Trinajstić information content (AvgIpc) is 2.28. The molecule has 0 aromatic heterocycles. The molecule has 16 heavy (non-hydrogen) atoms. The Hall–Kier alpha value is -0.0800. The van der Waals surface area contributed by atoms with Crippen molar-refractivity contribution in [1.82, 2.24) is 10.2 Å². The Bertz CT molecular complexity index is 189. The van der Waals surface area contributed by atoms with Gasteiger partial charge in [-0.1, -0.05) is 33.6 Å². The van der Waals surface area contributed by atoms with Gasteiger partial charge >= 0.3 is 0 Å². The maximum absolute atomic E-state index is 3.67. The van der Waals surface area contributed by atoms with Crippen LogP contribution in [-0.2, 0) is 0 Å². The summed E-state index contributed by atoms with van der Waals surface area (Å²) in [5, 5.41) is 3.67. The molecule has 0 saturated heterocycles. The Morgan fingerprint density at radius 2 is 1.81 bits per heavy atom. The third-order valence-electron chi connectivity index (χ3n) is 4.33. The quantitative estimate of drug-likeness (QED) is 0.775. The van der Waals surface area contributed by atoms with Gasteiger partial charge in [0, 0.05) is 18.1 Å². The van der Waals surface area contributed by atoms with Gasteiger partial charge in [0.05, 0.1) is 0 Å². The molecular weight excluding hydrogens is 196 g/mol. The maximum atomic E-state index is 3.67. The van der Waals surface area contributed by atoms with E-state index in [9.17, 15) is 0 Å². The first-order valence-corrected chi connectivity index (χ1v) is 7.03. The summed E-state index contributed by atoms with van der Waals surface area (Å²) in [6.07, 6.45) is 5.53. The van der Waals surface area contributed by atoms with Crippen LogP contribution in [-0.4, -0.2) is 36.6 Å². The molecule has 0 spiro atoms. The fourth-order valence-corrected chi connectivity index (χ4v) is 2.87. The summed E-state index contributed by atoms with van der Waals surface area (Å²) in [5.41, 5.74) is 0. The molecule has 2 heteroatoms. The number of hydrogen-bond donors (Lipinski definition) is 1. The molecular formula is C14H30N2. The number of nitrogens with one attached hydrogen (secondary N) is 1. The molecule has 0 aliphatic heterocycles. The molecule has 2 nitrogen and oxygen atoms in total. The van der Waals surface area contributed by atoms with Gasteiger partial charge in [0.25, 0.3) is 0 Å². The molecule has 1 aliphatic rings. The summed E-state index contributed by atoms with van der Waals surface area (Å²) in [5.74, 6) is 0.745. The zero-order valence-corrected chi connectivity index (χ0v) is 11.8. The molecule has 0 aromatic carbocycles. The van der Waals surface area contributed by atoms with Crippen molar-refractivity contribution in [2.24, 2.45) is 5.92 Å². The van der Waals surface area contributed by atoms with Gasteiger partial charge in [0.15, 0.2) is 0 Å². The predicted octanol–water partition coefficient (Wildman–Crippen LogP) is 2.88. The van der Waals surface area contributed by atoms with E-state index in [1.807, 2.05) is 0 Å². The minimum absolute atomic E-state index is 0.684. The minimum Gasteiger partial charge on any atom is -0.313 e. The summed E-state index contributed by atoms with van der Waals surface area (Å²) < 4.78 is 0. The Balaban J connectivity index is 2.59. The Morgan fingerprint density at radius 3 is 2.38 bits per heavy atom. The molecule has 1 rings (SSSR count). The lowest BCUT2D eigenvalue weighted by molar-refractivity contribution is 0.0924. The molecule has 1 saturated carbocycles. The fourth-order valence-electron chi connectivity index (χ4n) is 2.87. The maximum Gasteiger partial charge on any atom is 0.0249 e. The highest BCUT2D eigenvalue weighted by molar-refractivity contribution is 4.89. The first-order chi connectivity index (χ1) is 7.57. The number of nitrogens with zero attached hydrogens (tertiary/aromatic N) is 1. The van der Waals surface area contributed by atoms with Gasteiger partial charge in [-0.3, -0.25) is 4.90 Å². The van der Waals surface area contributed by atoms with E-state index in [0.717, 1.165) is 18.5 Å². The molecule has 1 aliphatic carbocycles. The highest BCUT2D eigenvalue weighted by Crippen LogP contribution is 2.25. The van der Waals surface area contributed by atoms with Crippen molar-refractivity contribution in [3.05, 3.63) is 0 Å². The summed E-state index contributed by atoms with van der Waals surface area (Å²) in [7, 11) is 2.31. The summed E-state index contributed by atoms with van der Waals surface area (Å²) in [6.45, 7) is 10.3. The zero-order chi connectivity index (χ0) is 12.1.